The highest BCUT2D eigenvalue weighted by Crippen LogP contribution is 2.25. The summed E-state index contributed by atoms with van der Waals surface area (Å²) in [6, 6.07) is 4.90. The summed E-state index contributed by atoms with van der Waals surface area (Å²) in [5.74, 6) is 0.0647. The van der Waals surface area contributed by atoms with E-state index in [2.05, 4.69) is 0 Å². The molecule has 17 heavy (non-hydrogen) atoms. The molecular weight excluding hydrogens is 262 g/mol. The van der Waals surface area contributed by atoms with Crippen molar-refractivity contribution >= 4 is 33.4 Å². The molecule has 0 heterocycles. The van der Waals surface area contributed by atoms with Gasteiger partial charge in [-0.3, -0.25) is 4.79 Å². The van der Waals surface area contributed by atoms with Crippen LogP contribution in [0.25, 0.3) is 0 Å². The molecule has 0 bridgehead atoms. The van der Waals surface area contributed by atoms with E-state index in [0.29, 0.717) is 29.1 Å². The lowest BCUT2D eigenvalue weighted by atomic mass is 10.2. The van der Waals surface area contributed by atoms with Gasteiger partial charge in [0.25, 0.3) is 0 Å². The Labute approximate surface area is 106 Å². The summed E-state index contributed by atoms with van der Waals surface area (Å²) < 4.78 is 22.1. The fourth-order valence-corrected chi connectivity index (χ4v) is 2.27. The Balaban J connectivity index is 2.82. The Kier molecular flexibility index (Phi) is 4.54. The van der Waals surface area contributed by atoms with E-state index < -0.39 is 9.84 Å². The summed E-state index contributed by atoms with van der Waals surface area (Å²) in [4.78, 5) is 12.3. The first kappa shape index (κ1) is 14.0. The molecule has 0 amide bonds. The average molecular weight is 276 g/mol. The molecule has 0 spiro atoms. The third-order valence-corrected chi connectivity index (χ3v) is 3.54. The zero-order valence-corrected chi connectivity index (χ0v) is 11.3. The third-order valence-electron chi connectivity index (χ3n) is 2.32. The lowest BCUT2D eigenvalue weighted by Crippen LogP contribution is -2.25. The number of anilines is 1. The van der Waals surface area contributed by atoms with Gasteiger partial charge in [-0.05, 0) is 18.2 Å². The quantitative estimate of drug-likeness (QED) is 0.767. The van der Waals surface area contributed by atoms with Crippen LogP contribution in [0.1, 0.15) is 10.4 Å². The molecule has 0 fully saturated rings. The number of nitrogens with zero attached hydrogens (tertiary/aromatic N) is 1. The van der Waals surface area contributed by atoms with Gasteiger partial charge in [-0.15, -0.1) is 0 Å². The van der Waals surface area contributed by atoms with Crippen molar-refractivity contribution in [2.75, 3.05) is 30.5 Å². The highest BCUT2D eigenvalue weighted by Gasteiger charge is 2.09. The van der Waals surface area contributed by atoms with Crippen LogP contribution in [-0.2, 0) is 9.84 Å². The summed E-state index contributed by atoms with van der Waals surface area (Å²) in [7, 11) is -1.24. The van der Waals surface area contributed by atoms with Crippen LogP contribution in [0, 0.1) is 0 Å². The van der Waals surface area contributed by atoms with Crippen LogP contribution in [0.2, 0.25) is 5.02 Å². The van der Waals surface area contributed by atoms with Gasteiger partial charge in [0.2, 0.25) is 0 Å². The van der Waals surface area contributed by atoms with Crippen molar-refractivity contribution in [3.05, 3.63) is 28.8 Å². The molecule has 0 saturated carbocycles. The Bertz CT molecular complexity index is 513. The van der Waals surface area contributed by atoms with Crippen LogP contribution in [0.3, 0.4) is 0 Å². The van der Waals surface area contributed by atoms with Gasteiger partial charge in [-0.1, -0.05) is 11.6 Å². The maximum atomic E-state index is 11.0. The topological polar surface area (TPSA) is 54.5 Å². The van der Waals surface area contributed by atoms with Crippen molar-refractivity contribution in [2.24, 2.45) is 0 Å². The minimum Gasteiger partial charge on any atom is -0.372 e. The Hall–Kier alpha value is -1.07. The van der Waals surface area contributed by atoms with Crippen molar-refractivity contribution in [1.29, 1.82) is 0 Å². The van der Waals surface area contributed by atoms with Gasteiger partial charge in [0.05, 0.1) is 16.5 Å². The highest BCUT2D eigenvalue weighted by molar-refractivity contribution is 7.90. The molecule has 0 saturated heterocycles. The molecule has 0 radical (unpaired) electrons. The van der Waals surface area contributed by atoms with E-state index >= 15 is 0 Å². The predicted octanol–water partition coefficient (Wildman–Crippen LogP) is 1.63. The fraction of sp³-hybridized carbons (Fsp3) is 0.364. The molecule has 0 aliphatic rings. The maximum absolute atomic E-state index is 11.0. The molecule has 0 unspecified atom stereocenters. The Morgan fingerprint density at radius 3 is 2.53 bits per heavy atom. The number of benzene rings is 1. The zero-order chi connectivity index (χ0) is 13.1. The van der Waals surface area contributed by atoms with E-state index in [0.717, 1.165) is 0 Å². The van der Waals surface area contributed by atoms with Gasteiger partial charge in [-0.25, -0.2) is 8.42 Å². The van der Waals surface area contributed by atoms with Gasteiger partial charge in [-0.2, -0.15) is 0 Å². The number of carbonyl (C=O) groups excluding carboxylic acids is 1. The van der Waals surface area contributed by atoms with E-state index in [4.69, 9.17) is 11.6 Å². The minimum atomic E-state index is -2.99. The molecule has 1 rings (SSSR count). The van der Waals surface area contributed by atoms with E-state index in [-0.39, 0.29) is 5.75 Å². The first-order valence-corrected chi connectivity index (χ1v) is 7.41. The monoisotopic (exact) mass is 275 g/mol. The van der Waals surface area contributed by atoms with Crippen molar-refractivity contribution in [1.82, 2.24) is 0 Å². The largest absolute Gasteiger partial charge is 0.372 e. The van der Waals surface area contributed by atoms with Gasteiger partial charge in [0.1, 0.15) is 16.1 Å². The van der Waals surface area contributed by atoms with Crippen LogP contribution in [-0.4, -0.2) is 40.3 Å². The van der Waals surface area contributed by atoms with E-state index in [1.54, 1.807) is 30.1 Å². The molecule has 4 nitrogen and oxygen atoms in total. The number of rotatable bonds is 5. The van der Waals surface area contributed by atoms with Crippen LogP contribution in [0.5, 0.6) is 0 Å². The van der Waals surface area contributed by atoms with E-state index in [9.17, 15) is 13.2 Å². The molecule has 0 aliphatic carbocycles. The van der Waals surface area contributed by atoms with Crippen LogP contribution < -0.4 is 4.90 Å². The molecule has 0 aliphatic heterocycles. The minimum absolute atomic E-state index is 0.0647. The lowest BCUT2D eigenvalue weighted by Gasteiger charge is -2.20. The summed E-state index contributed by atoms with van der Waals surface area (Å²) in [5.41, 5.74) is 1.20. The van der Waals surface area contributed by atoms with Gasteiger partial charge >= 0.3 is 0 Å². The summed E-state index contributed by atoms with van der Waals surface area (Å²) in [6.45, 7) is 0.360. The van der Waals surface area contributed by atoms with Crippen LogP contribution in [0.4, 0.5) is 5.69 Å². The van der Waals surface area contributed by atoms with Crippen LogP contribution in [0.15, 0.2) is 18.2 Å². The van der Waals surface area contributed by atoms with E-state index in [1.807, 2.05) is 0 Å². The average Bonchev–Trinajstić information content (AvgIpc) is 2.24. The van der Waals surface area contributed by atoms with Crippen molar-refractivity contribution < 1.29 is 13.2 Å². The summed E-state index contributed by atoms with van der Waals surface area (Å²) in [5, 5.41) is 0.436. The van der Waals surface area contributed by atoms with Crippen molar-refractivity contribution in [3.63, 3.8) is 0 Å². The SMILES string of the molecule is CN(CCS(C)(=O)=O)c1ccc(C=O)cc1Cl. The van der Waals surface area contributed by atoms with Gasteiger partial charge in [0, 0.05) is 25.4 Å². The van der Waals surface area contributed by atoms with Crippen molar-refractivity contribution in [3.8, 4) is 0 Å². The molecule has 6 heteroatoms. The molecular formula is C11H14ClNO3S. The normalized spacial score (nSPS) is 11.2. The lowest BCUT2D eigenvalue weighted by molar-refractivity contribution is 0.112. The summed E-state index contributed by atoms with van der Waals surface area (Å²) >= 11 is 6.00. The van der Waals surface area contributed by atoms with Gasteiger partial charge < -0.3 is 4.90 Å². The van der Waals surface area contributed by atoms with Gasteiger partial charge in [0.15, 0.2) is 0 Å². The number of halogens is 1. The van der Waals surface area contributed by atoms with E-state index in [1.165, 1.54) is 6.26 Å². The first-order chi connectivity index (χ1) is 7.83. The second-order valence-electron chi connectivity index (χ2n) is 3.88. The second kappa shape index (κ2) is 5.51. The maximum Gasteiger partial charge on any atom is 0.150 e. The number of carbonyl (C=O) groups is 1. The summed E-state index contributed by atoms with van der Waals surface area (Å²) in [6.07, 6.45) is 1.91. The number of hydrogen-bond donors (Lipinski definition) is 0. The number of hydrogen-bond acceptors (Lipinski definition) is 4. The highest BCUT2D eigenvalue weighted by atomic mass is 35.5. The zero-order valence-electron chi connectivity index (χ0n) is 9.68. The second-order valence-corrected chi connectivity index (χ2v) is 6.55. The number of aldehydes is 1. The molecule has 0 aromatic heterocycles. The molecule has 0 atom stereocenters. The van der Waals surface area contributed by atoms with Crippen LogP contribution >= 0.6 is 11.6 Å². The number of sulfone groups is 1. The Morgan fingerprint density at radius 2 is 2.06 bits per heavy atom. The Morgan fingerprint density at radius 1 is 1.41 bits per heavy atom. The molecule has 1 aromatic rings. The fourth-order valence-electron chi connectivity index (χ4n) is 1.33. The first-order valence-electron chi connectivity index (χ1n) is 4.97. The predicted molar refractivity (Wildman–Crippen MR) is 69.8 cm³/mol. The third kappa shape index (κ3) is 4.36. The standard InChI is InChI=1S/C11H14ClNO3S/c1-13(5-6-17(2,15)16)11-4-3-9(8-14)7-10(11)12/h3-4,7-8H,5-6H2,1-2H3. The van der Waals surface area contributed by atoms with Crippen molar-refractivity contribution in [2.45, 2.75) is 0 Å². The molecule has 94 valence electrons. The molecule has 1 aromatic carbocycles. The smallest absolute Gasteiger partial charge is 0.150 e. The molecule has 0 N–H and O–H groups in total.